The molecule has 1 unspecified atom stereocenters. The Morgan fingerprint density at radius 2 is 1.67 bits per heavy atom. The third-order valence-electron chi connectivity index (χ3n) is 4.41. The summed E-state index contributed by atoms with van der Waals surface area (Å²) in [4.78, 5) is 4.11. The maximum atomic E-state index is 13.8. The molecule has 0 aliphatic carbocycles. The molecule has 0 amide bonds. The molecule has 0 bridgehead atoms. The number of piperazine rings is 1. The summed E-state index contributed by atoms with van der Waals surface area (Å²) < 4.78 is 26.9. The minimum absolute atomic E-state index is 0.415. The van der Waals surface area contributed by atoms with Crippen molar-refractivity contribution in [2.45, 2.75) is 12.5 Å². The van der Waals surface area contributed by atoms with E-state index < -0.39 is 17.7 Å². The molecule has 2 aromatic rings. The number of aliphatic hydroxyl groups is 1. The third-order valence-corrected chi connectivity index (χ3v) is 4.41. The normalized spacial score (nSPS) is 17.0. The number of halogens is 2. The lowest BCUT2D eigenvalue weighted by Crippen LogP contribution is -2.49. The zero-order valence-corrected chi connectivity index (χ0v) is 13.5. The number of aliphatic hydroxyl groups excluding tert-OH is 1. The summed E-state index contributed by atoms with van der Waals surface area (Å²) >= 11 is 0. The van der Waals surface area contributed by atoms with Gasteiger partial charge in [0.25, 0.3) is 0 Å². The molecule has 3 nitrogen and oxygen atoms in total. The van der Waals surface area contributed by atoms with Gasteiger partial charge in [-0.2, -0.15) is 0 Å². The molecule has 24 heavy (non-hydrogen) atoms. The van der Waals surface area contributed by atoms with E-state index in [0.29, 0.717) is 31.7 Å². The zero-order valence-electron chi connectivity index (χ0n) is 13.5. The fourth-order valence-electron chi connectivity index (χ4n) is 3.16. The smallest absolute Gasteiger partial charge is 0.149 e. The lowest BCUT2D eigenvalue weighted by Gasteiger charge is -2.37. The Labute approximate surface area is 141 Å². The van der Waals surface area contributed by atoms with Crippen LogP contribution in [0.3, 0.4) is 0 Å². The minimum atomic E-state index is -0.557. The van der Waals surface area contributed by atoms with Crippen LogP contribution in [0.1, 0.15) is 5.56 Å². The van der Waals surface area contributed by atoms with Gasteiger partial charge in [-0.25, -0.2) is 8.78 Å². The second kappa shape index (κ2) is 7.73. The quantitative estimate of drug-likeness (QED) is 0.912. The first-order valence-electron chi connectivity index (χ1n) is 8.26. The lowest BCUT2D eigenvalue weighted by molar-refractivity contribution is 0.109. The Balaban J connectivity index is 1.50. The van der Waals surface area contributed by atoms with E-state index in [-0.39, 0.29) is 0 Å². The topological polar surface area (TPSA) is 26.7 Å². The SMILES string of the molecule is OC(Cc1ccccc1)CN1CCN(c2ccc(F)cc2F)CC1. The van der Waals surface area contributed by atoms with E-state index in [9.17, 15) is 13.9 Å². The van der Waals surface area contributed by atoms with E-state index in [2.05, 4.69) is 4.90 Å². The van der Waals surface area contributed by atoms with Gasteiger partial charge in [-0.05, 0) is 24.1 Å². The zero-order chi connectivity index (χ0) is 16.9. The van der Waals surface area contributed by atoms with Crippen molar-refractivity contribution in [2.75, 3.05) is 37.6 Å². The largest absolute Gasteiger partial charge is 0.391 e. The third kappa shape index (κ3) is 4.30. The van der Waals surface area contributed by atoms with Crippen LogP contribution in [-0.2, 0) is 6.42 Å². The molecule has 1 atom stereocenters. The molecule has 1 aliphatic heterocycles. The molecule has 1 aliphatic rings. The van der Waals surface area contributed by atoms with Crippen LogP contribution in [-0.4, -0.2) is 48.8 Å². The van der Waals surface area contributed by atoms with Crippen LogP contribution in [0.4, 0.5) is 14.5 Å². The van der Waals surface area contributed by atoms with Gasteiger partial charge in [0.2, 0.25) is 0 Å². The van der Waals surface area contributed by atoms with Gasteiger partial charge < -0.3 is 10.0 Å². The van der Waals surface area contributed by atoms with Crippen LogP contribution in [0.5, 0.6) is 0 Å². The molecule has 1 N–H and O–H groups in total. The molecule has 0 saturated carbocycles. The second-order valence-electron chi connectivity index (χ2n) is 6.23. The first kappa shape index (κ1) is 16.9. The number of anilines is 1. The van der Waals surface area contributed by atoms with Gasteiger partial charge in [0.1, 0.15) is 11.6 Å². The maximum Gasteiger partial charge on any atom is 0.149 e. The van der Waals surface area contributed by atoms with Crippen molar-refractivity contribution in [1.29, 1.82) is 0 Å². The van der Waals surface area contributed by atoms with Crippen molar-refractivity contribution in [3.05, 3.63) is 65.7 Å². The molecule has 128 valence electrons. The summed E-state index contributed by atoms with van der Waals surface area (Å²) in [6.07, 6.45) is 0.217. The monoisotopic (exact) mass is 332 g/mol. The van der Waals surface area contributed by atoms with E-state index in [1.54, 1.807) is 0 Å². The van der Waals surface area contributed by atoms with Crippen molar-refractivity contribution >= 4 is 5.69 Å². The van der Waals surface area contributed by atoms with Crippen molar-refractivity contribution in [2.24, 2.45) is 0 Å². The Bertz CT molecular complexity index is 658. The summed E-state index contributed by atoms with van der Waals surface area (Å²) in [5, 5.41) is 10.3. The average Bonchev–Trinajstić information content (AvgIpc) is 2.57. The standard InChI is InChI=1S/C19H22F2N2O/c20-16-6-7-19(18(21)13-16)23-10-8-22(9-11-23)14-17(24)12-15-4-2-1-3-5-15/h1-7,13,17,24H,8-12,14H2. The number of nitrogens with zero attached hydrogens (tertiary/aromatic N) is 2. The summed E-state index contributed by atoms with van der Waals surface area (Å²) in [6, 6.07) is 13.6. The van der Waals surface area contributed by atoms with Gasteiger partial charge in [0.05, 0.1) is 11.8 Å². The van der Waals surface area contributed by atoms with Gasteiger partial charge in [0, 0.05) is 38.8 Å². The summed E-state index contributed by atoms with van der Waals surface area (Å²) in [6.45, 7) is 3.45. The molecule has 0 spiro atoms. The van der Waals surface area contributed by atoms with Crippen molar-refractivity contribution in [3.8, 4) is 0 Å². The fourth-order valence-corrected chi connectivity index (χ4v) is 3.16. The van der Waals surface area contributed by atoms with Crippen LogP contribution in [0.15, 0.2) is 48.5 Å². The maximum absolute atomic E-state index is 13.8. The Kier molecular flexibility index (Phi) is 5.43. The first-order valence-corrected chi connectivity index (χ1v) is 8.26. The van der Waals surface area contributed by atoms with Crippen LogP contribution < -0.4 is 4.90 Å². The Morgan fingerprint density at radius 1 is 0.958 bits per heavy atom. The van der Waals surface area contributed by atoms with Crippen LogP contribution in [0, 0.1) is 11.6 Å². The molecule has 1 saturated heterocycles. The van der Waals surface area contributed by atoms with Gasteiger partial charge >= 0.3 is 0 Å². The predicted molar refractivity (Wildman–Crippen MR) is 91.2 cm³/mol. The molecule has 2 aromatic carbocycles. The van der Waals surface area contributed by atoms with Crippen molar-refractivity contribution < 1.29 is 13.9 Å². The highest BCUT2D eigenvalue weighted by Gasteiger charge is 2.21. The predicted octanol–water partition coefficient (Wildman–Crippen LogP) is 2.69. The number of β-amino-alcohol motifs (C(OH)–C–C–N with tert-alkyl or cyclic N) is 1. The Morgan fingerprint density at radius 3 is 2.33 bits per heavy atom. The van der Waals surface area contributed by atoms with E-state index in [1.165, 1.54) is 12.1 Å². The van der Waals surface area contributed by atoms with Crippen molar-refractivity contribution in [3.63, 3.8) is 0 Å². The van der Waals surface area contributed by atoms with E-state index in [4.69, 9.17) is 0 Å². The molecular formula is C19H22F2N2O. The van der Waals surface area contributed by atoms with Gasteiger partial charge in [0.15, 0.2) is 0 Å². The van der Waals surface area contributed by atoms with Crippen LogP contribution >= 0.6 is 0 Å². The highest BCUT2D eigenvalue weighted by atomic mass is 19.1. The molecule has 0 aromatic heterocycles. The number of hydrogen-bond acceptors (Lipinski definition) is 3. The number of benzene rings is 2. The van der Waals surface area contributed by atoms with E-state index >= 15 is 0 Å². The van der Waals surface area contributed by atoms with E-state index in [0.717, 1.165) is 24.7 Å². The highest BCUT2D eigenvalue weighted by molar-refractivity contribution is 5.48. The molecular weight excluding hydrogens is 310 g/mol. The molecule has 0 radical (unpaired) electrons. The minimum Gasteiger partial charge on any atom is -0.391 e. The summed E-state index contributed by atoms with van der Waals surface area (Å²) in [5.41, 5.74) is 1.57. The van der Waals surface area contributed by atoms with Gasteiger partial charge in [-0.15, -0.1) is 0 Å². The van der Waals surface area contributed by atoms with Gasteiger partial charge in [-0.1, -0.05) is 30.3 Å². The Hall–Kier alpha value is -1.98. The summed E-state index contributed by atoms with van der Waals surface area (Å²) in [5.74, 6) is -1.08. The second-order valence-corrected chi connectivity index (χ2v) is 6.23. The average molecular weight is 332 g/mol. The summed E-state index contributed by atoms with van der Waals surface area (Å²) in [7, 11) is 0. The van der Waals surface area contributed by atoms with Crippen molar-refractivity contribution in [1.82, 2.24) is 4.90 Å². The number of hydrogen-bond donors (Lipinski definition) is 1. The van der Waals surface area contributed by atoms with Gasteiger partial charge in [-0.3, -0.25) is 4.90 Å². The molecule has 5 heteroatoms. The lowest BCUT2D eigenvalue weighted by atomic mass is 10.1. The van der Waals surface area contributed by atoms with E-state index in [1.807, 2.05) is 35.2 Å². The number of rotatable bonds is 5. The molecule has 1 heterocycles. The van der Waals surface area contributed by atoms with Crippen LogP contribution in [0.25, 0.3) is 0 Å². The highest BCUT2D eigenvalue weighted by Crippen LogP contribution is 2.21. The molecule has 1 fully saturated rings. The van der Waals surface area contributed by atoms with Crippen LogP contribution in [0.2, 0.25) is 0 Å². The molecule has 3 rings (SSSR count). The first-order chi connectivity index (χ1) is 11.6. The fraction of sp³-hybridized carbons (Fsp3) is 0.368.